The van der Waals surface area contributed by atoms with E-state index in [1.165, 1.54) is 18.3 Å². The maximum Gasteiger partial charge on any atom is 0.182 e. The third kappa shape index (κ3) is 1.10. The van der Waals surface area contributed by atoms with Gasteiger partial charge in [-0.05, 0) is 0 Å². The summed E-state index contributed by atoms with van der Waals surface area (Å²) in [6.45, 7) is 0. The number of aromatic nitrogens is 4. The molecule has 0 aromatic carbocycles. The number of rotatable bonds is 2. The molecule has 0 aliphatic carbocycles. The van der Waals surface area contributed by atoms with Crippen LogP contribution >= 0.6 is 11.9 Å². The first-order chi connectivity index (χ1) is 5.92. The highest BCUT2D eigenvalue weighted by molar-refractivity contribution is 7.99. The zero-order chi connectivity index (χ0) is 8.39. The number of H-pyrrole nitrogens is 1. The van der Waals surface area contributed by atoms with Crippen molar-refractivity contribution in [3.8, 4) is 0 Å². The maximum atomic E-state index is 4.05. The quantitative estimate of drug-likeness (QED) is 0.678. The summed E-state index contributed by atoms with van der Waals surface area (Å²) >= 11 is 1.48. The van der Waals surface area contributed by atoms with Crippen LogP contribution in [0.5, 0.6) is 0 Å². The Kier molecular flexibility index (Phi) is 1.83. The van der Waals surface area contributed by atoms with Gasteiger partial charge in [0, 0.05) is 6.26 Å². The third-order valence-corrected chi connectivity index (χ3v) is 1.82. The summed E-state index contributed by atoms with van der Waals surface area (Å²) in [5.74, 6) is 0.769. The van der Waals surface area contributed by atoms with Gasteiger partial charge in [-0.2, -0.15) is 0 Å². The highest BCUT2D eigenvalue weighted by Crippen LogP contribution is 2.16. The van der Waals surface area contributed by atoms with Crippen molar-refractivity contribution in [3.63, 3.8) is 0 Å². The van der Waals surface area contributed by atoms with Gasteiger partial charge < -0.3 is 9.71 Å². The van der Waals surface area contributed by atoms with Crippen molar-refractivity contribution in [1.29, 1.82) is 0 Å². The molecular formula is C6H7N5S. The molecule has 0 fully saturated rings. The summed E-state index contributed by atoms with van der Waals surface area (Å²) in [5.41, 5.74) is 1.52. The van der Waals surface area contributed by atoms with Gasteiger partial charge in [0.15, 0.2) is 11.5 Å². The number of fused-ring (bicyclic) bond motifs is 1. The van der Waals surface area contributed by atoms with Crippen LogP contribution in [0.1, 0.15) is 0 Å². The molecule has 0 aliphatic rings. The van der Waals surface area contributed by atoms with Crippen LogP contribution in [0.4, 0.5) is 5.82 Å². The zero-order valence-electron chi connectivity index (χ0n) is 6.40. The number of nitrogens with zero attached hydrogens (tertiary/aromatic N) is 3. The van der Waals surface area contributed by atoms with Crippen LogP contribution in [-0.2, 0) is 0 Å². The fourth-order valence-electron chi connectivity index (χ4n) is 0.939. The number of hydrogen-bond acceptors (Lipinski definition) is 5. The van der Waals surface area contributed by atoms with Crippen LogP contribution in [0.2, 0.25) is 0 Å². The minimum absolute atomic E-state index is 0.682. The largest absolute Gasteiger partial charge is 0.340 e. The molecular weight excluding hydrogens is 174 g/mol. The van der Waals surface area contributed by atoms with Crippen LogP contribution in [0.3, 0.4) is 0 Å². The first-order valence-electron chi connectivity index (χ1n) is 3.35. The smallest absolute Gasteiger partial charge is 0.182 e. The van der Waals surface area contributed by atoms with Crippen molar-refractivity contribution in [2.75, 3.05) is 11.0 Å². The Labute approximate surface area is 73.2 Å². The minimum atomic E-state index is 0.682. The Morgan fingerprint density at radius 3 is 3.17 bits per heavy atom. The average Bonchev–Trinajstić information content (AvgIpc) is 2.53. The monoisotopic (exact) mass is 181 g/mol. The highest BCUT2D eigenvalue weighted by atomic mass is 32.2. The van der Waals surface area contributed by atoms with Crippen LogP contribution < -0.4 is 4.72 Å². The van der Waals surface area contributed by atoms with Crippen molar-refractivity contribution < 1.29 is 0 Å². The first-order valence-corrected chi connectivity index (χ1v) is 4.57. The lowest BCUT2D eigenvalue weighted by Crippen LogP contribution is -1.91. The van der Waals surface area contributed by atoms with Gasteiger partial charge in [0.2, 0.25) is 0 Å². The van der Waals surface area contributed by atoms with E-state index in [-0.39, 0.29) is 0 Å². The highest BCUT2D eigenvalue weighted by Gasteiger charge is 2.03. The molecule has 6 heteroatoms. The lowest BCUT2D eigenvalue weighted by Gasteiger charge is -1.99. The lowest BCUT2D eigenvalue weighted by molar-refractivity contribution is 1.21. The molecule has 2 rings (SSSR count). The molecule has 0 unspecified atom stereocenters. The molecule has 62 valence electrons. The standard InChI is InChI=1S/C6H7N5S/c1-12-11-6-4-5(8-2-7-4)9-3-10-6/h2-3H,1H3,(H2,7,8,9,10,11). The number of nitrogens with one attached hydrogen (secondary N) is 2. The van der Waals surface area contributed by atoms with E-state index in [1.54, 1.807) is 6.33 Å². The second-order valence-electron chi connectivity index (χ2n) is 2.13. The predicted molar refractivity (Wildman–Crippen MR) is 48.8 cm³/mol. The number of hydrogen-bond donors (Lipinski definition) is 2. The van der Waals surface area contributed by atoms with E-state index in [0.717, 1.165) is 11.3 Å². The summed E-state index contributed by atoms with van der Waals surface area (Å²) in [7, 11) is 0. The van der Waals surface area contributed by atoms with E-state index in [0.29, 0.717) is 5.65 Å². The second kappa shape index (κ2) is 2.98. The Hall–Kier alpha value is -1.30. The van der Waals surface area contributed by atoms with Gasteiger partial charge in [-0.15, -0.1) is 0 Å². The number of anilines is 1. The summed E-state index contributed by atoms with van der Waals surface area (Å²) in [6, 6.07) is 0. The van der Waals surface area contributed by atoms with E-state index in [1.807, 2.05) is 6.26 Å². The zero-order valence-corrected chi connectivity index (χ0v) is 7.22. The number of aromatic amines is 1. The fraction of sp³-hybridized carbons (Fsp3) is 0.167. The Balaban J connectivity index is 2.57. The average molecular weight is 181 g/mol. The number of imidazole rings is 1. The summed E-state index contributed by atoms with van der Waals surface area (Å²) in [5, 5.41) is 0. The molecule has 0 atom stereocenters. The van der Waals surface area contributed by atoms with E-state index in [2.05, 4.69) is 24.7 Å². The third-order valence-electron chi connectivity index (χ3n) is 1.42. The fourth-order valence-corrected chi connectivity index (χ4v) is 1.29. The van der Waals surface area contributed by atoms with Crippen molar-refractivity contribution in [2.24, 2.45) is 0 Å². The van der Waals surface area contributed by atoms with Gasteiger partial charge in [0.05, 0.1) is 6.33 Å². The van der Waals surface area contributed by atoms with Crippen molar-refractivity contribution >= 4 is 28.9 Å². The van der Waals surface area contributed by atoms with Crippen LogP contribution in [0.15, 0.2) is 12.7 Å². The molecule has 5 nitrogen and oxygen atoms in total. The van der Waals surface area contributed by atoms with Gasteiger partial charge in [-0.1, -0.05) is 11.9 Å². The van der Waals surface area contributed by atoms with Gasteiger partial charge in [-0.3, -0.25) is 0 Å². The van der Waals surface area contributed by atoms with E-state index in [9.17, 15) is 0 Å². The summed E-state index contributed by atoms with van der Waals surface area (Å²) in [6.07, 6.45) is 5.02. The summed E-state index contributed by atoms with van der Waals surface area (Å²) in [4.78, 5) is 15.0. The van der Waals surface area contributed by atoms with Gasteiger partial charge in [0.1, 0.15) is 11.8 Å². The van der Waals surface area contributed by atoms with Crippen LogP contribution in [0, 0.1) is 0 Å². The predicted octanol–water partition coefficient (Wildman–Crippen LogP) is 1.04. The Bertz CT molecular complexity index is 384. The van der Waals surface area contributed by atoms with E-state index < -0.39 is 0 Å². The van der Waals surface area contributed by atoms with Gasteiger partial charge >= 0.3 is 0 Å². The van der Waals surface area contributed by atoms with Crippen molar-refractivity contribution in [2.45, 2.75) is 0 Å². The SMILES string of the molecule is CSNc1ncnc2nc[nH]c12. The lowest BCUT2D eigenvalue weighted by atomic mass is 10.5. The molecule has 0 amide bonds. The molecule has 0 bridgehead atoms. The van der Waals surface area contributed by atoms with Crippen LogP contribution in [-0.4, -0.2) is 26.2 Å². The van der Waals surface area contributed by atoms with Gasteiger partial charge in [-0.25, -0.2) is 15.0 Å². The Morgan fingerprint density at radius 2 is 2.33 bits per heavy atom. The van der Waals surface area contributed by atoms with Crippen molar-refractivity contribution in [3.05, 3.63) is 12.7 Å². The summed E-state index contributed by atoms with van der Waals surface area (Å²) < 4.78 is 3.03. The van der Waals surface area contributed by atoms with Crippen LogP contribution in [0.25, 0.3) is 11.2 Å². The first kappa shape index (κ1) is 7.35. The normalized spacial score (nSPS) is 10.4. The van der Waals surface area contributed by atoms with Crippen molar-refractivity contribution in [1.82, 2.24) is 19.9 Å². The molecule has 0 spiro atoms. The molecule has 0 radical (unpaired) electrons. The van der Waals surface area contributed by atoms with Gasteiger partial charge in [0.25, 0.3) is 0 Å². The molecule has 0 saturated carbocycles. The maximum absolute atomic E-state index is 4.05. The topological polar surface area (TPSA) is 66.5 Å². The van der Waals surface area contributed by atoms with E-state index >= 15 is 0 Å². The Morgan fingerprint density at radius 1 is 1.42 bits per heavy atom. The molecule has 2 N–H and O–H groups in total. The molecule has 0 aliphatic heterocycles. The minimum Gasteiger partial charge on any atom is -0.340 e. The second-order valence-corrected chi connectivity index (χ2v) is 2.74. The molecule has 2 aromatic rings. The molecule has 2 aromatic heterocycles. The molecule has 2 heterocycles. The molecule has 0 saturated heterocycles. The molecule has 12 heavy (non-hydrogen) atoms. The van der Waals surface area contributed by atoms with E-state index in [4.69, 9.17) is 0 Å².